The van der Waals surface area contributed by atoms with Gasteiger partial charge in [-0.15, -0.1) is 0 Å². The maximum Gasteiger partial charge on any atom is 0.0793 e. The molecule has 1 nitrogen and oxygen atoms in total. The molecule has 0 bridgehead atoms. The van der Waals surface area contributed by atoms with Crippen molar-refractivity contribution in [1.29, 1.82) is 0 Å². The number of hydrogen-bond donors (Lipinski definition) is 0. The fourth-order valence-electron chi connectivity index (χ4n) is 0.133. The molecule has 0 rings (SSSR count). The van der Waals surface area contributed by atoms with Gasteiger partial charge in [0.1, 0.15) is 0 Å². The Morgan fingerprint density at radius 3 is 2.67 bits per heavy atom. The molecule has 0 aromatic rings. The largest absolute Gasteiger partial charge is 0.505 e. The third-order valence-corrected chi connectivity index (χ3v) is 0.695. The topological polar surface area (TPSA) is 9.23 Å². The molecule has 0 aliphatic heterocycles. The summed E-state index contributed by atoms with van der Waals surface area (Å²) in [5.74, 6) is 0. The van der Waals surface area contributed by atoms with Crippen LogP contribution in [0.15, 0.2) is 12.3 Å². The molecular weight excluding hydrogens is 144 g/mol. The van der Waals surface area contributed by atoms with Gasteiger partial charge in [-0.1, -0.05) is 15.9 Å². The quantitative estimate of drug-likeness (QED) is 0.429. The van der Waals surface area contributed by atoms with Crippen molar-refractivity contribution in [2.24, 2.45) is 0 Å². The summed E-state index contributed by atoms with van der Waals surface area (Å²) in [7, 11) is 1.62. The maximum atomic E-state index is 4.57. The highest BCUT2D eigenvalue weighted by atomic mass is 79.9. The van der Waals surface area contributed by atoms with E-state index in [0.717, 1.165) is 5.33 Å². The average Bonchev–Trinajstić information content (AvgIpc) is 1.61. The number of allylic oxidation sites excluding steroid dienone is 1. The van der Waals surface area contributed by atoms with E-state index >= 15 is 0 Å². The van der Waals surface area contributed by atoms with Gasteiger partial charge in [-0.3, -0.25) is 0 Å². The van der Waals surface area contributed by atoms with Crippen LogP contribution in [-0.2, 0) is 4.74 Å². The summed E-state index contributed by atoms with van der Waals surface area (Å²) in [5.41, 5.74) is 0. The van der Waals surface area contributed by atoms with Gasteiger partial charge in [0.15, 0.2) is 0 Å². The van der Waals surface area contributed by atoms with E-state index < -0.39 is 0 Å². The summed E-state index contributed by atoms with van der Waals surface area (Å²) >= 11 is 3.18. The van der Waals surface area contributed by atoms with E-state index in [1.165, 1.54) is 0 Å². The smallest absolute Gasteiger partial charge is 0.0793 e. The van der Waals surface area contributed by atoms with Gasteiger partial charge in [0.05, 0.1) is 13.4 Å². The Morgan fingerprint density at radius 2 is 2.50 bits per heavy atom. The SMILES string of the molecule is COC=CCBr. The molecule has 0 atom stereocenters. The minimum Gasteiger partial charge on any atom is -0.505 e. The highest BCUT2D eigenvalue weighted by Gasteiger charge is 1.60. The fraction of sp³-hybridized carbons (Fsp3) is 0.500. The van der Waals surface area contributed by atoms with Crippen LogP contribution in [0.25, 0.3) is 0 Å². The van der Waals surface area contributed by atoms with Gasteiger partial charge in [0.2, 0.25) is 0 Å². The predicted octanol–water partition coefficient (Wildman–Crippen LogP) is 1.54. The summed E-state index contributed by atoms with van der Waals surface area (Å²) in [6.07, 6.45) is 3.51. The lowest BCUT2D eigenvalue weighted by atomic mass is 10.7. The van der Waals surface area contributed by atoms with Crippen LogP contribution in [0.3, 0.4) is 0 Å². The highest BCUT2D eigenvalue weighted by Crippen LogP contribution is 1.79. The number of rotatable bonds is 2. The Balaban J connectivity index is 2.73. The Labute approximate surface area is 46.1 Å². The molecule has 6 heavy (non-hydrogen) atoms. The molecule has 0 unspecified atom stereocenters. The minimum atomic E-state index is 0.862. The van der Waals surface area contributed by atoms with Crippen molar-refractivity contribution in [3.8, 4) is 0 Å². The van der Waals surface area contributed by atoms with Gasteiger partial charge in [-0.2, -0.15) is 0 Å². The Kier molecular flexibility index (Phi) is 5.04. The Bertz CT molecular complexity index is 36.8. The van der Waals surface area contributed by atoms with E-state index in [-0.39, 0.29) is 0 Å². The second-order valence-corrected chi connectivity index (χ2v) is 1.41. The third kappa shape index (κ3) is 4.02. The van der Waals surface area contributed by atoms with Crippen molar-refractivity contribution in [3.05, 3.63) is 12.3 Å². The van der Waals surface area contributed by atoms with Crippen LogP contribution < -0.4 is 0 Å². The second kappa shape index (κ2) is 5.02. The van der Waals surface area contributed by atoms with Crippen molar-refractivity contribution in [3.63, 3.8) is 0 Å². The molecule has 0 aliphatic carbocycles. The van der Waals surface area contributed by atoms with E-state index in [0.29, 0.717) is 0 Å². The first-order chi connectivity index (χ1) is 2.91. The van der Waals surface area contributed by atoms with Crippen molar-refractivity contribution < 1.29 is 4.74 Å². The van der Waals surface area contributed by atoms with Crippen LogP contribution in [0.5, 0.6) is 0 Å². The molecule has 36 valence electrons. The lowest BCUT2D eigenvalue weighted by Crippen LogP contribution is -1.63. The average molecular weight is 151 g/mol. The lowest BCUT2D eigenvalue weighted by molar-refractivity contribution is 0.337. The molecule has 0 saturated heterocycles. The second-order valence-electron chi connectivity index (χ2n) is 0.762. The molecule has 0 heterocycles. The van der Waals surface area contributed by atoms with E-state index in [1.54, 1.807) is 13.4 Å². The van der Waals surface area contributed by atoms with Gasteiger partial charge in [0.25, 0.3) is 0 Å². The normalized spacial score (nSPS) is 9.67. The zero-order valence-corrected chi connectivity index (χ0v) is 5.23. The molecule has 0 amide bonds. The number of hydrogen-bond acceptors (Lipinski definition) is 1. The van der Waals surface area contributed by atoms with E-state index in [2.05, 4.69) is 20.7 Å². The maximum absolute atomic E-state index is 4.57. The first-order valence-corrected chi connectivity index (χ1v) is 2.77. The van der Waals surface area contributed by atoms with Gasteiger partial charge < -0.3 is 4.74 Å². The number of methoxy groups -OCH3 is 1. The molecule has 0 aromatic heterocycles. The van der Waals surface area contributed by atoms with Crippen molar-refractivity contribution in [2.45, 2.75) is 0 Å². The standard InChI is InChI=1S/C4H7BrO/c1-6-4-2-3-5/h2,4H,3H2,1H3. The molecular formula is C4H7BrO. The first kappa shape index (κ1) is 6.02. The zero-order valence-electron chi connectivity index (χ0n) is 3.65. The van der Waals surface area contributed by atoms with Gasteiger partial charge >= 0.3 is 0 Å². The van der Waals surface area contributed by atoms with E-state index in [4.69, 9.17) is 0 Å². The summed E-state index contributed by atoms with van der Waals surface area (Å²) in [6.45, 7) is 0. The highest BCUT2D eigenvalue weighted by molar-refractivity contribution is 9.09. The van der Waals surface area contributed by atoms with Crippen molar-refractivity contribution in [2.75, 3.05) is 12.4 Å². The molecule has 0 spiro atoms. The summed E-state index contributed by atoms with van der Waals surface area (Å²) in [5, 5.41) is 0.862. The molecule has 0 aliphatic rings. The van der Waals surface area contributed by atoms with Gasteiger partial charge in [0, 0.05) is 5.33 Å². The van der Waals surface area contributed by atoms with Crippen LogP contribution in [0.1, 0.15) is 0 Å². The minimum absolute atomic E-state index is 0.862. The van der Waals surface area contributed by atoms with Crippen LogP contribution in [0.4, 0.5) is 0 Å². The fourth-order valence-corrected chi connectivity index (χ4v) is 0.285. The summed E-state index contributed by atoms with van der Waals surface area (Å²) in [4.78, 5) is 0. The monoisotopic (exact) mass is 150 g/mol. The Hall–Kier alpha value is 0.0200. The van der Waals surface area contributed by atoms with Crippen molar-refractivity contribution in [1.82, 2.24) is 0 Å². The van der Waals surface area contributed by atoms with E-state index in [9.17, 15) is 0 Å². The predicted molar refractivity (Wildman–Crippen MR) is 29.9 cm³/mol. The molecule has 0 radical (unpaired) electrons. The molecule has 0 fully saturated rings. The number of ether oxygens (including phenoxy) is 1. The van der Waals surface area contributed by atoms with Crippen molar-refractivity contribution >= 4 is 15.9 Å². The number of alkyl halides is 1. The Morgan fingerprint density at radius 1 is 1.83 bits per heavy atom. The molecule has 0 saturated carbocycles. The summed E-state index contributed by atoms with van der Waals surface area (Å²) in [6, 6.07) is 0. The zero-order chi connectivity index (χ0) is 4.83. The van der Waals surface area contributed by atoms with E-state index in [1.807, 2.05) is 6.08 Å². The van der Waals surface area contributed by atoms with Crippen LogP contribution in [-0.4, -0.2) is 12.4 Å². The van der Waals surface area contributed by atoms with Gasteiger partial charge in [-0.05, 0) is 6.08 Å². The lowest BCUT2D eigenvalue weighted by Gasteiger charge is -1.79. The van der Waals surface area contributed by atoms with Gasteiger partial charge in [-0.25, -0.2) is 0 Å². The first-order valence-electron chi connectivity index (χ1n) is 1.65. The third-order valence-electron chi connectivity index (χ3n) is 0.321. The molecule has 0 N–H and O–H groups in total. The molecule has 2 heteroatoms. The van der Waals surface area contributed by atoms with Crippen LogP contribution >= 0.6 is 15.9 Å². The molecule has 0 aromatic carbocycles. The number of halogens is 1. The van der Waals surface area contributed by atoms with Crippen LogP contribution in [0, 0.1) is 0 Å². The summed E-state index contributed by atoms with van der Waals surface area (Å²) < 4.78 is 4.57. The van der Waals surface area contributed by atoms with Crippen LogP contribution in [0.2, 0.25) is 0 Å².